The van der Waals surface area contributed by atoms with E-state index in [1.54, 1.807) is 0 Å². The van der Waals surface area contributed by atoms with Crippen LogP contribution in [0.15, 0.2) is 71.1 Å². The molecule has 0 nitrogen and oxygen atoms in total. The van der Waals surface area contributed by atoms with Gasteiger partial charge in [0, 0.05) is 5.29 Å². The van der Waals surface area contributed by atoms with Gasteiger partial charge >= 0.3 is 0 Å². The van der Waals surface area contributed by atoms with Crippen molar-refractivity contribution in [1.29, 1.82) is 0 Å². The Hall–Kier alpha value is -1.91. The maximum absolute atomic E-state index is 2.35. The third-order valence-electron chi connectivity index (χ3n) is 4.00. The van der Waals surface area contributed by atoms with E-state index >= 15 is 0 Å². The minimum Gasteiger partial charge on any atom is -0.0642 e. The van der Waals surface area contributed by atoms with Gasteiger partial charge in [-0.05, 0) is 64.4 Å². The van der Waals surface area contributed by atoms with E-state index in [1.165, 1.54) is 51.9 Å². The quantitative estimate of drug-likeness (QED) is 0.595. The second kappa shape index (κ2) is 4.30. The van der Waals surface area contributed by atoms with E-state index < -0.39 is 0 Å². The lowest BCUT2D eigenvalue weighted by Crippen LogP contribution is -1.92. The highest BCUT2D eigenvalue weighted by atomic mass is 31.1. The molecular formula is C19H15P. The van der Waals surface area contributed by atoms with Crippen LogP contribution in [0.25, 0.3) is 16.3 Å². The predicted octanol–water partition coefficient (Wildman–Crippen LogP) is 5.59. The minimum atomic E-state index is 1.31. The van der Waals surface area contributed by atoms with Crippen LogP contribution in [0.5, 0.6) is 0 Å². The molecule has 0 unspecified atom stereocenters. The Morgan fingerprint density at radius 2 is 1.60 bits per heavy atom. The Bertz CT molecular complexity index is 855. The van der Waals surface area contributed by atoms with E-state index in [-0.39, 0.29) is 0 Å². The molecule has 0 N–H and O–H groups in total. The number of hydrogen-bond acceptors (Lipinski definition) is 0. The molecular weight excluding hydrogens is 259 g/mol. The Balaban J connectivity index is 2.04. The van der Waals surface area contributed by atoms with Crippen molar-refractivity contribution < 1.29 is 0 Å². The third kappa shape index (κ3) is 1.65. The summed E-state index contributed by atoms with van der Waals surface area (Å²) in [5.41, 5.74) is 5.59. The van der Waals surface area contributed by atoms with Crippen molar-refractivity contribution in [2.45, 2.75) is 13.8 Å². The molecule has 2 aromatic carbocycles. The van der Waals surface area contributed by atoms with E-state index in [2.05, 4.69) is 68.5 Å². The fourth-order valence-corrected chi connectivity index (χ4v) is 4.19. The number of fused-ring (bicyclic) bond motifs is 2. The monoisotopic (exact) mass is 274 g/mol. The summed E-state index contributed by atoms with van der Waals surface area (Å²) in [6.45, 7) is 4.45. The Labute approximate surface area is 120 Å². The van der Waals surface area contributed by atoms with Gasteiger partial charge in [0.15, 0.2) is 0 Å². The zero-order valence-corrected chi connectivity index (χ0v) is 12.5. The van der Waals surface area contributed by atoms with Crippen LogP contribution in [0.3, 0.4) is 0 Å². The molecule has 0 amide bonds. The molecule has 20 heavy (non-hydrogen) atoms. The van der Waals surface area contributed by atoms with E-state index in [1.807, 2.05) is 0 Å². The fourth-order valence-electron chi connectivity index (χ4n) is 3.10. The summed E-state index contributed by atoms with van der Waals surface area (Å²) >= 11 is 0. The highest BCUT2D eigenvalue weighted by Gasteiger charge is 2.23. The SMILES string of the molecule is CC1=CC2=C(c3cccc4ccccc34)C=C(C)C2=P1. The van der Waals surface area contributed by atoms with Gasteiger partial charge in [0.25, 0.3) is 0 Å². The van der Waals surface area contributed by atoms with Crippen molar-refractivity contribution in [3.8, 4) is 0 Å². The van der Waals surface area contributed by atoms with Gasteiger partial charge in [-0.25, -0.2) is 0 Å². The molecule has 0 fully saturated rings. The maximum Gasteiger partial charge on any atom is 0.0129 e. The third-order valence-corrected chi connectivity index (χ3v) is 5.30. The molecule has 0 aromatic heterocycles. The summed E-state index contributed by atoms with van der Waals surface area (Å²) in [6.07, 6.45) is 4.70. The lowest BCUT2D eigenvalue weighted by Gasteiger charge is -2.07. The molecule has 1 heteroatoms. The Kier molecular flexibility index (Phi) is 2.55. The van der Waals surface area contributed by atoms with Crippen molar-refractivity contribution >= 4 is 29.8 Å². The maximum atomic E-state index is 2.35. The number of allylic oxidation sites excluding steroid dienone is 6. The molecule has 0 saturated heterocycles. The van der Waals surface area contributed by atoms with Crippen molar-refractivity contribution in [1.82, 2.24) is 0 Å². The van der Waals surface area contributed by atoms with E-state index in [0.717, 1.165) is 0 Å². The summed E-state index contributed by atoms with van der Waals surface area (Å²) in [5, 5.41) is 5.59. The molecule has 2 aliphatic rings. The van der Waals surface area contributed by atoms with Crippen molar-refractivity contribution in [3.05, 3.63) is 76.6 Å². The average molecular weight is 274 g/mol. The van der Waals surface area contributed by atoms with Crippen LogP contribution in [-0.4, -0.2) is 5.29 Å². The van der Waals surface area contributed by atoms with Gasteiger partial charge in [-0.3, -0.25) is 0 Å². The average Bonchev–Trinajstić information content (AvgIpc) is 2.98. The lowest BCUT2D eigenvalue weighted by atomic mass is 9.96. The summed E-state index contributed by atoms with van der Waals surface area (Å²) in [5.74, 6) is 0. The topological polar surface area (TPSA) is 0 Å². The second-order valence-electron chi connectivity index (χ2n) is 5.43. The van der Waals surface area contributed by atoms with Crippen LogP contribution in [-0.2, 0) is 0 Å². The molecule has 0 radical (unpaired) electrons. The number of hydrogen-bond donors (Lipinski definition) is 0. The van der Waals surface area contributed by atoms with Gasteiger partial charge in [0.1, 0.15) is 0 Å². The van der Waals surface area contributed by atoms with Gasteiger partial charge < -0.3 is 0 Å². The Morgan fingerprint density at radius 3 is 2.50 bits per heavy atom. The van der Waals surface area contributed by atoms with Gasteiger partial charge in [0.05, 0.1) is 0 Å². The van der Waals surface area contributed by atoms with E-state index in [0.29, 0.717) is 0 Å². The van der Waals surface area contributed by atoms with Crippen LogP contribution in [0.4, 0.5) is 0 Å². The lowest BCUT2D eigenvalue weighted by molar-refractivity contribution is 1.63. The molecule has 1 heterocycles. The predicted molar refractivity (Wildman–Crippen MR) is 90.3 cm³/mol. The molecule has 96 valence electrons. The van der Waals surface area contributed by atoms with Crippen LogP contribution >= 0.6 is 8.20 Å². The standard InChI is InChI=1S/C19H15P/c1-12-10-17(18-11-13(2)20-19(12)18)16-9-5-7-14-6-3-4-8-15(14)16/h3-11H,1-2H3. The van der Waals surface area contributed by atoms with Crippen LogP contribution in [0, 0.1) is 0 Å². The van der Waals surface area contributed by atoms with Gasteiger partial charge in [-0.15, -0.1) is 0 Å². The normalized spacial score (nSPS) is 18.0. The molecule has 0 atom stereocenters. The molecule has 0 bridgehead atoms. The van der Waals surface area contributed by atoms with Crippen LogP contribution in [0.1, 0.15) is 19.4 Å². The van der Waals surface area contributed by atoms with E-state index in [9.17, 15) is 0 Å². The van der Waals surface area contributed by atoms with Crippen molar-refractivity contribution in [3.63, 3.8) is 0 Å². The highest BCUT2D eigenvalue weighted by molar-refractivity contribution is 7.47. The first kappa shape index (κ1) is 11.9. The summed E-state index contributed by atoms with van der Waals surface area (Å²) in [7, 11) is 1.38. The largest absolute Gasteiger partial charge is 0.0642 e. The Morgan fingerprint density at radius 1 is 0.800 bits per heavy atom. The highest BCUT2D eigenvalue weighted by Crippen LogP contribution is 2.42. The number of rotatable bonds is 1. The first-order valence-electron chi connectivity index (χ1n) is 6.92. The zero-order chi connectivity index (χ0) is 13.7. The summed E-state index contributed by atoms with van der Waals surface area (Å²) < 4.78 is 0. The van der Waals surface area contributed by atoms with Crippen molar-refractivity contribution in [2.24, 2.45) is 0 Å². The van der Waals surface area contributed by atoms with Crippen LogP contribution < -0.4 is 0 Å². The van der Waals surface area contributed by atoms with Crippen LogP contribution in [0.2, 0.25) is 0 Å². The molecule has 0 saturated carbocycles. The van der Waals surface area contributed by atoms with Gasteiger partial charge in [0.2, 0.25) is 0 Å². The van der Waals surface area contributed by atoms with Gasteiger partial charge in [-0.2, -0.15) is 0 Å². The molecule has 1 aliphatic heterocycles. The smallest absolute Gasteiger partial charge is 0.0129 e. The number of benzene rings is 2. The first-order valence-corrected chi connectivity index (χ1v) is 7.82. The summed E-state index contributed by atoms with van der Waals surface area (Å²) in [4.78, 5) is 0. The second-order valence-corrected chi connectivity index (χ2v) is 6.80. The molecule has 4 rings (SSSR count). The molecule has 2 aromatic rings. The first-order chi connectivity index (χ1) is 9.74. The minimum absolute atomic E-state index is 1.31. The van der Waals surface area contributed by atoms with Gasteiger partial charge in [-0.1, -0.05) is 50.7 Å². The van der Waals surface area contributed by atoms with Crippen molar-refractivity contribution in [2.75, 3.05) is 0 Å². The fraction of sp³-hybridized carbons (Fsp3) is 0.105. The van der Waals surface area contributed by atoms with E-state index in [4.69, 9.17) is 0 Å². The molecule has 0 spiro atoms. The zero-order valence-electron chi connectivity index (χ0n) is 11.6. The summed E-state index contributed by atoms with van der Waals surface area (Å²) in [6, 6.07) is 15.2. The molecule has 1 aliphatic carbocycles.